The molecule has 0 aromatic carbocycles. The lowest BCUT2D eigenvalue weighted by Gasteiger charge is -2.23. The highest BCUT2D eigenvalue weighted by atomic mass is 32.1. The van der Waals surface area contributed by atoms with Crippen LogP contribution < -0.4 is 4.90 Å². The van der Waals surface area contributed by atoms with Crippen molar-refractivity contribution in [3.63, 3.8) is 0 Å². The first-order valence-electron chi connectivity index (χ1n) is 7.96. The smallest absolute Gasteiger partial charge is 0.248 e. The van der Waals surface area contributed by atoms with Crippen LogP contribution >= 0.6 is 11.3 Å². The number of amides is 1. The van der Waals surface area contributed by atoms with Gasteiger partial charge in [-0.3, -0.25) is 4.79 Å². The normalized spacial score (nSPS) is 14.5. The van der Waals surface area contributed by atoms with Gasteiger partial charge in [0.2, 0.25) is 5.91 Å². The summed E-state index contributed by atoms with van der Waals surface area (Å²) in [5.74, 6) is 0.962. The molecule has 1 aliphatic heterocycles. The monoisotopic (exact) mass is 346 g/mol. The van der Waals surface area contributed by atoms with Crippen LogP contribution in [0.15, 0.2) is 17.5 Å². The van der Waals surface area contributed by atoms with Crippen molar-refractivity contribution in [3.05, 3.63) is 39.5 Å². The Morgan fingerprint density at radius 1 is 1.29 bits per heavy atom. The average molecular weight is 346 g/mol. The molecule has 2 aromatic heterocycles. The molecule has 3 heterocycles. The predicted molar refractivity (Wildman–Crippen MR) is 94.2 cm³/mol. The third-order valence-electron chi connectivity index (χ3n) is 4.04. The molecule has 0 N–H and O–H groups in total. The summed E-state index contributed by atoms with van der Waals surface area (Å²) in [6, 6.07) is 4.06. The molecular weight excluding hydrogens is 324 g/mol. The van der Waals surface area contributed by atoms with Crippen molar-refractivity contribution >= 4 is 23.1 Å². The first kappa shape index (κ1) is 16.9. The predicted octanol–water partition coefficient (Wildman–Crippen LogP) is 2.15. The van der Waals surface area contributed by atoms with E-state index in [1.54, 1.807) is 18.4 Å². The van der Waals surface area contributed by atoms with Gasteiger partial charge in [-0.25, -0.2) is 9.97 Å². The molecule has 0 spiro atoms. The van der Waals surface area contributed by atoms with Crippen LogP contribution in [-0.4, -0.2) is 47.6 Å². The highest BCUT2D eigenvalue weighted by Gasteiger charge is 2.24. The van der Waals surface area contributed by atoms with Gasteiger partial charge >= 0.3 is 0 Å². The van der Waals surface area contributed by atoms with E-state index in [1.807, 2.05) is 24.8 Å². The second-order valence-electron chi connectivity index (χ2n) is 5.96. The van der Waals surface area contributed by atoms with E-state index in [2.05, 4.69) is 21.3 Å². The number of aryl methyl sites for hydroxylation is 2. The largest absolute Gasteiger partial charge is 0.375 e. The molecule has 1 amide bonds. The molecule has 0 radical (unpaired) electrons. The minimum atomic E-state index is 0.00961. The molecule has 24 heavy (non-hydrogen) atoms. The molecule has 1 aliphatic rings. The third kappa shape index (κ3) is 3.73. The highest BCUT2D eigenvalue weighted by Crippen LogP contribution is 2.25. The molecule has 0 unspecified atom stereocenters. The fraction of sp³-hybridized carbons (Fsp3) is 0.471. The number of fused-ring (bicyclic) bond motifs is 1. The lowest BCUT2D eigenvalue weighted by Crippen LogP contribution is -2.37. The van der Waals surface area contributed by atoms with E-state index in [0.29, 0.717) is 19.6 Å². The molecule has 3 rings (SSSR count). The van der Waals surface area contributed by atoms with Gasteiger partial charge in [-0.2, -0.15) is 0 Å². The van der Waals surface area contributed by atoms with Crippen LogP contribution in [0, 0.1) is 13.8 Å². The van der Waals surface area contributed by atoms with E-state index >= 15 is 0 Å². The number of aromatic nitrogens is 2. The summed E-state index contributed by atoms with van der Waals surface area (Å²) < 4.78 is 5.00. The number of hydrogen-bond donors (Lipinski definition) is 0. The Balaban J connectivity index is 1.88. The van der Waals surface area contributed by atoms with Crippen LogP contribution in [0.3, 0.4) is 0 Å². The van der Waals surface area contributed by atoms with Crippen molar-refractivity contribution < 1.29 is 9.53 Å². The Hall–Kier alpha value is -1.99. The Kier molecular flexibility index (Phi) is 5.11. The molecule has 0 saturated heterocycles. The molecule has 2 aromatic rings. The first-order valence-corrected chi connectivity index (χ1v) is 8.84. The Bertz CT molecular complexity index is 731. The van der Waals surface area contributed by atoms with E-state index in [1.165, 1.54) is 0 Å². The van der Waals surface area contributed by atoms with E-state index in [9.17, 15) is 4.79 Å². The number of methoxy groups -OCH3 is 1. The van der Waals surface area contributed by atoms with Gasteiger partial charge in [-0.15, -0.1) is 11.3 Å². The summed E-state index contributed by atoms with van der Waals surface area (Å²) in [5.41, 5.74) is 3.09. The fourth-order valence-electron chi connectivity index (χ4n) is 2.86. The van der Waals surface area contributed by atoms with Crippen LogP contribution in [-0.2, 0) is 22.6 Å². The number of thiazole rings is 1. The number of carbonyl (C=O) groups excluding carboxylic acids is 1. The fourth-order valence-corrected chi connectivity index (χ4v) is 3.46. The van der Waals surface area contributed by atoms with Gasteiger partial charge in [-0.1, -0.05) is 6.07 Å². The van der Waals surface area contributed by atoms with E-state index in [0.717, 1.165) is 34.3 Å². The molecule has 7 heteroatoms. The summed E-state index contributed by atoms with van der Waals surface area (Å²) in [4.78, 5) is 25.6. The number of ether oxygens (including phenoxy) is 1. The number of anilines is 1. The summed E-state index contributed by atoms with van der Waals surface area (Å²) >= 11 is 1.66. The molecular formula is C17H22N4O2S. The number of hydrogen-bond acceptors (Lipinski definition) is 6. The Labute approximate surface area is 146 Å². The summed E-state index contributed by atoms with van der Waals surface area (Å²) in [7, 11) is 1.55. The zero-order valence-electron chi connectivity index (χ0n) is 14.3. The van der Waals surface area contributed by atoms with Gasteiger partial charge in [0, 0.05) is 43.4 Å². The molecule has 128 valence electrons. The molecule has 0 atom stereocenters. The zero-order chi connectivity index (χ0) is 17.1. The van der Waals surface area contributed by atoms with Crippen molar-refractivity contribution in [2.45, 2.75) is 26.9 Å². The second-order valence-corrected chi connectivity index (χ2v) is 7.03. The first-order chi connectivity index (χ1) is 11.6. The standard InChI is InChI=1S/C17H22N4O2S/c1-12-4-5-14-8-20(16(22)10-23-3)6-7-21(17(14)18-12)9-15-11-24-13(2)19-15/h4-5,11H,6-10H2,1-3H3. The molecule has 0 aliphatic carbocycles. The zero-order valence-corrected chi connectivity index (χ0v) is 15.1. The van der Waals surface area contributed by atoms with Crippen LogP contribution in [0.2, 0.25) is 0 Å². The van der Waals surface area contributed by atoms with Crippen molar-refractivity contribution in [2.24, 2.45) is 0 Å². The van der Waals surface area contributed by atoms with Crippen LogP contribution in [0.4, 0.5) is 5.82 Å². The molecule has 0 saturated carbocycles. The summed E-state index contributed by atoms with van der Waals surface area (Å²) in [5, 5.41) is 3.15. The van der Waals surface area contributed by atoms with Crippen molar-refractivity contribution in [3.8, 4) is 0 Å². The van der Waals surface area contributed by atoms with Gasteiger partial charge in [-0.05, 0) is 19.9 Å². The van der Waals surface area contributed by atoms with Crippen LogP contribution in [0.25, 0.3) is 0 Å². The van der Waals surface area contributed by atoms with Crippen LogP contribution in [0.1, 0.15) is 22.0 Å². The number of rotatable bonds is 4. The van der Waals surface area contributed by atoms with Crippen molar-refractivity contribution in [2.75, 3.05) is 31.7 Å². The molecule has 0 bridgehead atoms. The van der Waals surface area contributed by atoms with Gasteiger partial charge in [0.1, 0.15) is 12.4 Å². The van der Waals surface area contributed by atoms with Crippen molar-refractivity contribution in [1.29, 1.82) is 0 Å². The summed E-state index contributed by atoms with van der Waals surface area (Å²) in [6.45, 7) is 6.77. The van der Waals surface area contributed by atoms with Gasteiger partial charge in [0.05, 0.1) is 17.2 Å². The highest BCUT2D eigenvalue weighted by molar-refractivity contribution is 7.09. The quantitative estimate of drug-likeness (QED) is 0.849. The molecule has 6 nitrogen and oxygen atoms in total. The Morgan fingerprint density at radius 2 is 2.12 bits per heavy atom. The minimum absolute atomic E-state index is 0.00961. The number of pyridine rings is 1. The van der Waals surface area contributed by atoms with E-state index in [4.69, 9.17) is 9.72 Å². The molecule has 0 fully saturated rings. The van der Waals surface area contributed by atoms with Gasteiger partial charge in [0.25, 0.3) is 0 Å². The Morgan fingerprint density at radius 3 is 2.83 bits per heavy atom. The van der Waals surface area contributed by atoms with E-state index in [-0.39, 0.29) is 12.5 Å². The lowest BCUT2D eigenvalue weighted by atomic mass is 10.2. The number of nitrogens with zero attached hydrogens (tertiary/aromatic N) is 4. The summed E-state index contributed by atoms with van der Waals surface area (Å²) in [6.07, 6.45) is 0. The number of carbonyl (C=O) groups is 1. The SMILES string of the molecule is COCC(=O)N1CCN(Cc2csc(C)n2)c2nc(C)ccc2C1. The maximum absolute atomic E-state index is 12.2. The third-order valence-corrected chi connectivity index (χ3v) is 4.86. The minimum Gasteiger partial charge on any atom is -0.375 e. The van der Waals surface area contributed by atoms with Crippen LogP contribution in [0.5, 0.6) is 0 Å². The second kappa shape index (κ2) is 7.27. The maximum Gasteiger partial charge on any atom is 0.248 e. The van der Waals surface area contributed by atoms with Crippen molar-refractivity contribution in [1.82, 2.24) is 14.9 Å². The average Bonchev–Trinajstić information content (AvgIpc) is 2.87. The maximum atomic E-state index is 12.2. The lowest BCUT2D eigenvalue weighted by molar-refractivity contribution is -0.135. The topological polar surface area (TPSA) is 58.6 Å². The van der Waals surface area contributed by atoms with E-state index < -0.39 is 0 Å². The van der Waals surface area contributed by atoms with Gasteiger partial charge < -0.3 is 14.5 Å². The van der Waals surface area contributed by atoms with Gasteiger partial charge in [0.15, 0.2) is 0 Å².